The van der Waals surface area contributed by atoms with Gasteiger partial charge in [0.25, 0.3) is 11.7 Å². The van der Waals surface area contributed by atoms with Gasteiger partial charge in [0.2, 0.25) is 0 Å². The SMILES string of the molecule is CC(C)c1cc(C(=O)N(C/C=C/c2ccccc2)CCO)nc2ncnn12. The highest BCUT2D eigenvalue weighted by molar-refractivity contribution is 5.93. The van der Waals surface area contributed by atoms with Crippen LogP contribution in [0.15, 0.2) is 48.8 Å². The smallest absolute Gasteiger partial charge is 0.273 e. The molecule has 0 aliphatic carbocycles. The Balaban J connectivity index is 1.84. The number of rotatable bonds is 7. The number of nitrogens with zero attached hydrogens (tertiary/aromatic N) is 5. The lowest BCUT2D eigenvalue weighted by Gasteiger charge is -2.20. The van der Waals surface area contributed by atoms with Gasteiger partial charge in [0.05, 0.1) is 12.3 Å². The molecule has 0 fully saturated rings. The molecule has 2 heterocycles. The number of aliphatic hydroxyl groups excluding tert-OH is 1. The number of hydrogen-bond acceptors (Lipinski definition) is 5. The van der Waals surface area contributed by atoms with Crippen molar-refractivity contribution in [3.63, 3.8) is 0 Å². The summed E-state index contributed by atoms with van der Waals surface area (Å²) in [4.78, 5) is 23.0. The first-order valence-corrected chi connectivity index (χ1v) is 8.92. The molecule has 0 spiro atoms. The number of carbonyl (C=O) groups is 1. The Labute approximate surface area is 158 Å². The second-order valence-electron chi connectivity index (χ2n) is 6.48. The molecule has 27 heavy (non-hydrogen) atoms. The predicted octanol–water partition coefficient (Wildman–Crippen LogP) is 2.40. The minimum atomic E-state index is -0.242. The third-order valence-corrected chi connectivity index (χ3v) is 4.18. The summed E-state index contributed by atoms with van der Waals surface area (Å²) in [6, 6.07) is 11.6. The summed E-state index contributed by atoms with van der Waals surface area (Å²) in [7, 11) is 0. The van der Waals surface area contributed by atoms with E-state index in [4.69, 9.17) is 0 Å². The minimum Gasteiger partial charge on any atom is -0.395 e. The number of aliphatic hydroxyl groups is 1. The van der Waals surface area contributed by atoms with Crippen LogP contribution >= 0.6 is 0 Å². The Morgan fingerprint density at radius 2 is 2.07 bits per heavy atom. The van der Waals surface area contributed by atoms with E-state index in [1.54, 1.807) is 15.5 Å². The predicted molar refractivity (Wildman–Crippen MR) is 103 cm³/mol. The highest BCUT2D eigenvalue weighted by atomic mass is 16.3. The van der Waals surface area contributed by atoms with Crippen LogP contribution in [0.1, 0.15) is 41.5 Å². The maximum absolute atomic E-state index is 13.0. The van der Waals surface area contributed by atoms with Gasteiger partial charge in [-0.15, -0.1) is 0 Å². The van der Waals surface area contributed by atoms with Gasteiger partial charge in [0, 0.05) is 13.1 Å². The molecule has 0 bridgehead atoms. The number of hydrogen-bond donors (Lipinski definition) is 1. The molecular weight excluding hydrogens is 342 g/mol. The second kappa shape index (κ2) is 8.55. The van der Waals surface area contributed by atoms with E-state index in [1.807, 2.05) is 56.3 Å². The van der Waals surface area contributed by atoms with Crippen LogP contribution in [-0.4, -0.2) is 55.2 Å². The summed E-state index contributed by atoms with van der Waals surface area (Å²) in [5.74, 6) is 0.315. The Morgan fingerprint density at radius 1 is 1.30 bits per heavy atom. The van der Waals surface area contributed by atoms with Crippen molar-refractivity contribution in [2.75, 3.05) is 19.7 Å². The number of amides is 1. The van der Waals surface area contributed by atoms with Crippen molar-refractivity contribution < 1.29 is 9.90 Å². The number of fused-ring (bicyclic) bond motifs is 1. The summed E-state index contributed by atoms with van der Waals surface area (Å²) in [5, 5.41) is 13.5. The molecule has 3 rings (SSSR count). The fourth-order valence-corrected chi connectivity index (χ4v) is 2.79. The molecule has 0 atom stereocenters. The largest absolute Gasteiger partial charge is 0.395 e. The summed E-state index contributed by atoms with van der Waals surface area (Å²) in [6.07, 6.45) is 5.28. The van der Waals surface area contributed by atoms with Gasteiger partial charge < -0.3 is 10.0 Å². The molecule has 1 amide bonds. The van der Waals surface area contributed by atoms with Gasteiger partial charge in [0.15, 0.2) is 0 Å². The molecule has 1 N–H and O–H groups in total. The molecule has 0 unspecified atom stereocenters. The first-order chi connectivity index (χ1) is 13.1. The fourth-order valence-electron chi connectivity index (χ4n) is 2.79. The van der Waals surface area contributed by atoms with Crippen molar-refractivity contribution in [3.8, 4) is 0 Å². The van der Waals surface area contributed by atoms with E-state index in [1.165, 1.54) is 6.33 Å². The molecule has 7 heteroatoms. The van der Waals surface area contributed by atoms with Crippen molar-refractivity contribution in [3.05, 3.63) is 65.8 Å². The highest BCUT2D eigenvalue weighted by Crippen LogP contribution is 2.16. The van der Waals surface area contributed by atoms with Crippen LogP contribution in [-0.2, 0) is 0 Å². The molecule has 0 aliphatic rings. The van der Waals surface area contributed by atoms with Crippen molar-refractivity contribution in [1.82, 2.24) is 24.5 Å². The average Bonchev–Trinajstić information content (AvgIpc) is 3.15. The molecule has 2 aromatic heterocycles. The van der Waals surface area contributed by atoms with Crippen LogP contribution in [0.4, 0.5) is 0 Å². The Bertz CT molecular complexity index is 934. The molecular formula is C20H23N5O2. The van der Waals surface area contributed by atoms with Gasteiger partial charge in [-0.2, -0.15) is 10.1 Å². The van der Waals surface area contributed by atoms with E-state index in [0.29, 0.717) is 18.0 Å². The lowest BCUT2D eigenvalue weighted by atomic mass is 10.1. The van der Waals surface area contributed by atoms with Gasteiger partial charge in [-0.05, 0) is 17.5 Å². The minimum absolute atomic E-state index is 0.116. The Morgan fingerprint density at radius 3 is 2.78 bits per heavy atom. The summed E-state index contributed by atoms with van der Waals surface area (Å²) in [5.41, 5.74) is 2.23. The van der Waals surface area contributed by atoms with E-state index >= 15 is 0 Å². The van der Waals surface area contributed by atoms with Crippen LogP contribution in [0.5, 0.6) is 0 Å². The normalized spacial score (nSPS) is 11.6. The number of aromatic nitrogens is 4. The van der Waals surface area contributed by atoms with Crippen LogP contribution in [0.3, 0.4) is 0 Å². The van der Waals surface area contributed by atoms with E-state index in [2.05, 4.69) is 15.1 Å². The molecule has 7 nitrogen and oxygen atoms in total. The molecule has 1 aromatic carbocycles. The van der Waals surface area contributed by atoms with Crippen molar-refractivity contribution in [2.45, 2.75) is 19.8 Å². The summed E-state index contributed by atoms with van der Waals surface area (Å²) >= 11 is 0. The molecule has 0 radical (unpaired) electrons. The highest BCUT2D eigenvalue weighted by Gasteiger charge is 2.19. The van der Waals surface area contributed by atoms with Gasteiger partial charge in [-0.1, -0.05) is 56.3 Å². The second-order valence-corrected chi connectivity index (χ2v) is 6.48. The lowest BCUT2D eigenvalue weighted by Crippen LogP contribution is -2.34. The topological polar surface area (TPSA) is 83.6 Å². The third-order valence-electron chi connectivity index (χ3n) is 4.18. The zero-order chi connectivity index (χ0) is 19.2. The first-order valence-electron chi connectivity index (χ1n) is 8.92. The molecule has 0 saturated carbocycles. The Kier molecular flexibility index (Phi) is 5.93. The average molecular weight is 365 g/mol. The van der Waals surface area contributed by atoms with Crippen molar-refractivity contribution >= 4 is 17.8 Å². The maximum Gasteiger partial charge on any atom is 0.273 e. The number of benzene rings is 1. The number of carbonyl (C=O) groups excluding carboxylic acids is 1. The quantitative estimate of drug-likeness (QED) is 0.695. The third kappa shape index (κ3) is 4.38. The molecule has 0 aliphatic heterocycles. The van der Waals surface area contributed by atoms with Crippen molar-refractivity contribution in [1.29, 1.82) is 0 Å². The van der Waals surface area contributed by atoms with Crippen molar-refractivity contribution in [2.24, 2.45) is 0 Å². The standard InChI is InChI=1S/C20H23N5O2/c1-15(2)18-13-17(23-20-21-14-22-25(18)20)19(27)24(11-12-26)10-6-9-16-7-4-3-5-8-16/h3-9,13-15,26H,10-12H2,1-2H3/b9-6+. The van der Waals surface area contributed by atoms with Gasteiger partial charge >= 0.3 is 0 Å². The summed E-state index contributed by atoms with van der Waals surface area (Å²) in [6.45, 7) is 4.55. The molecule has 140 valence electrons. The zero-order valence-corrected chi connectivity index (χ0v) is 15.5. The first kappa shape index (κ1) is 18.7. The maximum atomic E-state index is 13.0. The van der Waals surface area contributed by atoms with Crippen LogP contribution in [0.25, 0.3) is 11.9 Å². The monoisotopic (exact) mass is 365 g/mol. The van der Waals surface area contributed by atoms with Crippen LogP contribution in [0.2, 0.25) is 0 Å². The van der Waals surface area contributed by atoms with Gasteiger partial charge in [-0.25, -0.2) is 9.50 Å². The van der Waals surface area contributed by atoms with E-state index < -0.39 is 0 Å². The van der Waals surface area contributed by atoms with E-state index in [9.17, 15) is 9.90 Å². The molecule has 0 saturated heterocycles. The van der Waals surface area contributed by atoms with E-state index in [0.717, 1.165) is 11.3 Å². The molecule has 3 aromatic rings. The van der Waals surface area contributed by atoms with Crippen LogP contribution in [0, 0.1) is 0 Å². The van der Waals surface area contributed by atoms with Gasteiger partial charge in [-0.3, -0.25) is 4.79 Å². The fraction of sp³-hybridized carbons (Fsp3) is 0.300. The lowest BCUT2D eigenvalue weighted by molar-refractivity contribution is 0.0737. The van der Waals surface area contributed by atoms with Crippen LogP contribution < -0.4 is 0 Å². The van der Waals surface area contributed by atoms with E-state index in [-0.39, 0.29) is 25.0 Å². The zero-order valence-electron chi connectivity index (χ0n) is 15.5. The van der Waals surface area contributed by atoms with Gasteiger partial charge in [0.1, 0.15) is 12.0 Å². The summed E-state index contributed by atoms with van der Waals surface area (Å²) < 4.78 is 1.65. The Hall–Kier alpha value is -3.06.